The second-order valence-corrected chi connectivity index (χ2v) is 4.14. The van der Waals surface area contributed by atoms with Gasteiger partial charge in [-0.2, -0.15) is 0 Å². The van der Waals surface area contributed by atoms with E-state index in [2.05, 4.69) is 10.6 Å². The number of halogens is 2. The molecule has 0 aliphatic rings. The van der Waals surface area contributed by atoms with Crippen LogP contribution in [0.25, 0.3) is 0 Å². The zero-order valence-electron chi connectivity index (χ0n) is 11.9. The van der Waals surface area contributed by atoms with Crippen molar-refractivity contribution in [2.24, 2.45) is 0 Å². The van der Waals surface area contributed by atoms with E-state index in [1.54, 1.807) is 7.11 Å². The number of amides is 1. The van der Waals surface area contributed by atoms with E-state index in [1.807, 2.05) is 0 Å². The Labute approximate surface area is 132 Å². The molecule has 0 radical (unpaired) electrons. The molecule has 1 amide bonds. The van der Waals surface area contributed by atoms with E-state index in [4.69, 9.17) is 10.5 Å². The molecule has 124 valence electrons. The van der Waals surface area contributed by atoms with Gasteiger partial charge in [0, 0.05) is 26.7 Å². The predicted molar refractivity (Wildman–Crippen MR) is 81.8 cm³/mol. The third-order valence-corrected chi connectivity index (χ3v) is 2.63. The number of carbonyl (C=O) groups excluding carboxylic acids is 1. The van der Waals surface area contributed by atoms with Crippen molar-refractivity contribution in [2.75, 3.05) is 39.1 Å². The lowest BCUT2D eigenvalue weighted by Gasteiger charge is -2.09. The number of ether oxygens (including phenoxy) is 1. The zero-order valence-corrected chi connectivity index (χ0v) is 12.7. The normalized spacial score (nSPS) is 9.91. The van der Waals surface area contributed by atoms with Crippen LogP contribution < -0.4 is 16.4 Å². The molecular formula is C12H18ClFN4O4. The minimum absolute atomic E-state index is 0. The summed E-state index contributed by atoms with van der Waals surface area (Å²) in [6, 6.07) is 1.55. The Morgan fingerprint density at radius 3 is 2.68 bits per heavy atom. The Hall–Kier alpha value is -1.97. The molecule has 1 rings (SSSR count). The average Bonchev–Trinajstić information content (AvgIpc) is 2.44. The van der Waals surface area contributed by atoms with Crippen LogP contribution in [0, 0.1) is 15.9 Å². The van der Waals surface area contributed by atoms with Crippen LogP contribution in [0.1, 0.15) is 10.4 Å². The van der Waals surface area contributed by atoms with Crippen molar-refractivity contribution in [3.8, 4) is 0 Å². The van der Waals surface area contributed by atoms with Crippen LogP contribution in [0.3, 0.4) is 0 Å². The minimum Gasteiger partial charge on any atom is -0.393 e. The first-order valence-electron chi connectivity index (χ1n) is 6.18. The molecule has 0 saturated heterocycles. The summed E-state index contributed by atoms with van der Waals surface area (Å²) in [6.07, 6.45) is 0. The molecule has 0 saturated carbocycles. The predicted octanol–water partition coefficient (Wildman–Crippen LogP) is 0.704. The Bertz CT molecular complexity index is 530. The lowest BCUT2D eigenvalue weighted by atomic mass is 10.1. The van der Waals surface area contributed by atoms with Gasteiger partial charge in [0.25, 0.3) is 11.6 Å². The summed E-state index contributed by atoms with van der Waals surface area (Å²) in [4.78, 5) is 21.7. The summed E-state index contributed by atoms with van der Waals surface area (Å²) >= 11 is 0. The molecule has 0 atom stereocenters. The molecule has 0 fully saturated rings. The van der Waals surface area contributed by atoms with Gasteiger partial charge in [0.2, 0.25) is 0 Å². The highest BCUT2D eigenvalue weighted by molar-refractivity contribution is 6.01. The molecule has 10 heteroatoms. The van der Waals surface area contributed by atoms with E-state index in [0.29, 0.717) is 25.8 Å². The lowest BCUT2D eigenvalue weighted by Crippen LogP contribution is -2.33. The topological polar surface area (TPSA) is 120 Å². The highest BCUT2D eigenvalue weighted by Crippen LogP contribution is 2.26. The minimum atomic E-state index is -0.890. The number of carbonyl (C=O) groups is 1. The van der Waals surface area contributed by atoms with Gasteiger partial charge in [-0.25, -0.2) is 4.39 Å². The van der Waals surface area contributed by atoms with Crippen LogP contribution in [0.2, 0.25) is 0 Å². The van der Waals surface area contributed by atoms with E-state index in [-0.39, 0.29) is 30.2 Å². The fraction of sp³-hybridized carbons (Fsp3) is 0.417. The van der Waals surface area contributed by atoms with E-state index >= 15 is 0 Å². The fourth-order valence-electron chi connectivity index (χ4n) is 1.60. The summed E-state index contributed by atoms with van der Waals surface area (Å²) < 4.78 is 18.1. The molecule has 1 aromatic carbocycles. The number of anilines is 1. The summed E-state index contributed by atoms with van der Waals surface area (Å²) in [5.74, 6) is -1.55. The first-order valence-corrected chi connectivity index (χ1v) is 6.18. The SMILES string of the molecule is COCCNCCNC(=O)c1cc(F)cc([N+](=O)[O-])c1N.Cl. The van der Waals surface area contributed by atoms with Crippen molar-refractivity contribution in [2.45, 2.75) is 0 Å². The van der Waals surface area contributed by atoms with Crippen molar-refractivity contribution in [3.63, 3.8) is 0 Å². The highest BCUT2D eigenvalue weighted by atomic mass is 35.5. The van der Waals surface area contributed by atoms with Gasteiger partial charge in [-0.1, -0.05) is 0 Å². The molecule has 0 bridgehead atoms. The molecular weight excluding hydrogens is 319 g/mol. The van der Waals surface area contributed by atoms with Crippen molar-refractivity contribution in [1.29, 1.82) is 0 Å². The number of methoxy groups -OCH3 is 1. The van der Waals surface area contributed by atoms with Crippen LogP contribution in [-0.2, 0) is 4.74 Å². The molecule has 0 spiro atoms. The third kappa shape index (κ3) is 5.80. The smallest absolute Gasteiger partial charge is 0.295 e. The summed E-state index contributed by atoms with van der Waals surface area (Å²) in [7, 11) is 1.57. The first kappa shape index (κ1) is 20.0. The maximum Gasteiger partial charge on any atom is 0.295 e. The van der Waals surface area contributed by atoms with Crippen LogP contribution in [0.15, 0.2) is 12.1 Å². The Balaban J connectivity index is 0.00000441. The Morgan fingerprint density at radius 2 is 2.09 bits per heavy atom. The van der Waals surface area contributed by atoms with Crippen LogP contribution >= 0.6 is 12.4 Å². The number of hydrogen-bond acceptors (Lipinski definition) is 6. The molecule has 4 N–H and O–H groups in total. The van der Waals surface area contributed by atoms with Gasteiger partial charge in [0.15, 0.2) is 0 Å². The number of benzene rings is 1. The zero-order chi connectivity index (χ0) is 15.8. The largest absolute Gasteiger partial charge is 0.393 e. The molecule has 0 aromatic heterocycles. The summed E-state index contributed by atoms with van der Waals surface area (Å²) in [5.41, 5.74) is 4.29. The van der Waals surface area contributed by atoms with Gasteiger partial charge >= 0.3 is 0 Å². The van der Waals surface area contributed by atoms with Gasteiger partial charge in [0.05, 0.1) is 23.2 Å². The molecule has 0 aliphatic heterocycles. The third-order valence-electron chi connectivity index (χ3n) is 2.63. The molecule has 8 nitrogen and oxygen atoms in total. The van der Waals surface area contributed by atoms with Crippen LogP contribution in [-0.4, -0.2) is 44.2 Å². The number of rotatable bonds is 8. The molecule has 0 heterocycles. The molecule has 0 unspecified atom stereocenters. The Morgan fingerprint density at radius 1 is 1.41 bits per heavy atom. The molecule has 1 aromatic rings. The maximum atomic E-state index is 13.3. The number of nitrogens with zero attached hydrogens (tertiary/aromatic N) is 1. The number of nitrogens with one attached hydrogen (secondary N) is 2. The maximum absolute atomic E-state index is 13.3. The van der Waals surface area contributed by atoms with Crippen molar-refractivity contribution >= 4 is 29.7 Å². The second kappa shape index (κ2) is 9.87. The molecule has 22 heavy (non-hydrogen) atoms. The monoisotopic (exact) mass is 336 g/mol. The van der Waals surface area contributed by atoms with Gasteiger partial charge < -0.3 is 21.1 Å². The highest BCUT2D eigenvalue weighted by Gasteiger charge is 2.21. The van der Waals surface area contributed by atoms with Gasteiger partial charge in [-0.3, -0.25) is 14.9 Å². The van der Waals surface area contributed by atoms with E-state index in [9.17, 15) is 19.3 Å². The first-order chi connectivity index (χ1) is 9.97. The van der Waals surface area contributed by atoms with Crippen molar-refractivity contribution in [3.05, 3.63) is 33.6 Å². The Kier molecular flexibility index (Phi) is 8.99. The summed E-state index contributed by atoms with van der Waals surface area (Å²) in [6.45, 7) is 1.91. The van der Waals surface area contributed by atoms with Crippen molar-refractivity contribution in [1.82, 2.24) is 10.6 Å². The summed E-state index contributed by atoms with van der Waals surface area (Å²) in [5, 5.41) is 16.2. The van der Waals surface area contributed by atoms with E-state index in [0.717, 1.165) is 6.07 Å². The van der Waals surface area contributed by atoms with E-state index in [1.165, 1.54) is 0 Å². The van der Waals surface area contributed by atoms with E-state index < -0.39 is 22.3 Å². The van der Waals surface area contributed by atoms with Crippen molar-refractivity contribution < 1.29 is 18.8 Å². The van der Waals surface area contributed by atoms with Gasteiger partial charge in [-0.15, -0.1) is 12.4 Å². The average molecular weight is 337 g/mol. The van der Waals surface area contributed by atoms with Crippen LogP contribution in [0.5, 0.6) is 0 Å². The quantitative estimate of drug-likeness (QED) is 0.278. The number of nitrogen functional groups attached to an aromatic ring is 1. The standard InChI is InChI=1S/C12H17FN4O4.ClH/c1-21-5-4-15-2-3-16-12(18)9-6-8(13)7-10(11(9)14)17(19)20;/h6-7,15H,2-5,14H2,1H3,(H,16,18);1H. The molecule has 0 aliphatic carbocycles. The number of hydrogen-bond donors (Lipinski definition) is 3. The van der Waals surface area contributed by atoms with Gasteiger partial charge in [0.1, 0.15) is 11.5 Å². The lowest BCUT2D eigenvalue weighted by molar-refractivity contribution is -0.384. The second-order valence-electron chi connectivity index (χ2n) is 4.14. The van der Waals surface area contributed by atoms with Crippen LogP contribution in [0.4, 0.5) is 15.8 Å². The van der Waals surface area contributed by atoms with Gasteiger partial charge in [-0.05, 0) is 6.07 Å². The fourth-order valence-corrected chi connectivity index (χ4v) is 1.60. The number of nitro groups is 1. The number of nitro benzene ring substituents is 1. The number of nitrogens with two attached hydrogens (primary N) is 1.